The van der Waals surface area contributed by atoms with E-state index in [0.29, 0.717) is 6.54 Å². The Kier molecular flexibility index (Phi) is 3.57. The van der Waals surface area contributed by atoms with Gasteiger partial charge in [-0.05, 0) is 13.8 Å². The van der Waals surface area contributed by atoms with Crippen molar-refractivity contribution >= 4 is 21.8 Å². The monoisotopic (exact) mass is 301 g/mol. The van der Waals surface area contributed by atoms with Crippen LogP contribution in [-0.2, 0) is 14.8 Å². The maximum Gasteiger partial charge on any atom is 0.271 e. The van der Waals surface area contributed by atoms with Crippen molar-refractivity contribution in [3.8, 4) is 0 Å². The molecule has 0 radical (unpaired) electrons. The van der Waals surface area contributed by atoms with E-state index in [1.165, 1.54) is 16.7 Å². The maximum atomic E-state index is 12.3. The Bertz CT molecular complexity index is 664. The van der Waals surface area contributed by atoms with Crippen molar-refractivity contribution in [1.29, 1.82) is 0 Å². The van der Waals surface area contributed by atoms with E-state index in [1.54, 1.807) is 0 Å². The van der Waals surface area contributed by atoms with Crippen molar-refractivity contribution in [1.82, 2.24) is 9.80 Å². The topological polar surface area (TPSA) is 114 Å². The molecule has 0 atom stereocenters. The van der Waals surface area contributed by atoms with Crippen LogP contribution in [0.4, 0.5) is 0 Å². The van der Waals surface area contributed by atoms with Gasteiger partial charge in [0.15, 0.2) is 0 Å². The van der Waals surface area contributed by atoms with Gasteiger partial charge in [0.05, 0.1) is 12.2 Å². The van der Waals surface area contributed by atoms with Gasteiger partial charge in [-0.1, -0.05) is 0 Å². The molecule has 0 bridgehead atoms. The third-order valence-electron chi connectivity index (χ3n) is 3.10. The summed E-state index contributed by atoms with van der Waals surface area (Å²) in [5.41, 5.74) is 0.0970. The van der Waals surface area contributed by atoms with Gasteiger partial charge in [-0.15, -0.1) is 0 Å². The molecule has 1 aliphatic heterocycles. The normalized spacial score (nSPS) is 16.1. The Morgan fingerprint density at radius 2 is 2.15 bits per heavy atom. The van der Waals surface area contributed by atoms with E-state index in [2.05, 4.69) is 0 Å². The van der Waals surface area contributed by atoms with Gasteiger partial charge in [0, 0.05) is 12.6 Å². The lowest BCUT2D eigenvalue weighted by Crippen LogP contribution is -2.31. The molecule has 20 heavy (non-hydrogen) atoms. The third-order valence-corrected chi connectivity index (χ3v) is 3.86. The second-order valence-corrected chi connectivity index (χ2v) is 5.97. The van der Waals surface area contributed by atoms with Crippen molar-refractivity contribution < 1.29 is 22.4 Å². The Morgan fingerprint density at radius 1 is 1.50 bits per heavy atom. The van der Waals surface area contributed by atoms with Crippen LogP contribution in [0.15, 0.2) is 15.6 Å². The SMILES string of the molecule is CCN1CN(C(=O)c2cc(S(N)(=O)=O)oc2C)CC1=O. The number of carbonyl (C=O) groups is 2. The number of likely N-dealkylation sites (N-methyl/N-ethyl adjacent to an activating group) is 1. The molecule has 110 valence electrons. The summed E-state index contributed by atoms with van der Waals surface area (Å²) in [6.07, 6.45) is 0. The van der Waals surface area contributed by atoms with Gasteiger partial charge in [-0.2, -0.15) is 0 Å². The number of hydrogen-bond donors (Lipinski definition) is 1. The number of nitrogens with zero attached hydrogens (tertiary/aromatic N) is 2. The predicted octanol–water partition coefficient (Wildman–Crippen LogP) is -0.503. The molecule has 1 aromatic heterocycles. The molecular formula is C11H15N3O5S. The number of amides is 2. The maximum absolute atomic E-state index is 12.3. The van der Waals surface area contributed by atoms with Crippen LogP contribution in [0, 0.1) is 6.92 Å². The number of furan rings is 1. The largest absolute Gasteiger partial charge is 0.448 e. The van der Waals surface area contributed by atoms with Crippen LogP contribution in [0.25, 0.3) is 0 Å². The van der Waals surface area contributed by atoms with Crippen LogP contribution in [-0.4, -0.2) is 49.8 Å². The summed E-state index contributed by atoms with van der Waals surface area (Å²) >= 11 is 0. The van der Waals surface area contributed by atoms with Gasteiger partial charge < -0.3 is 14.2 Å². The van der Waals surface area contributed by atoms with Gasteiger partial charge in [0.1, 0.15) is 12.3 Å². The lowest BCUT2D eigenvalue weighted by Gasteiger charge is -2.16. The number of hydrogen-bond acceptors (Lipinski definition) is 5. The molecule has 0 unspecified atom stereocenters. The number of nitrogens with two attached hydrogens (primary N) is 1. The summed E-state index contributed by atoms with van der Waals surface area (Å²) in [7, 11) is -4.00. The highest BCUT2D eigenvalue weighted by Crippen LogP contribution is 2.21. The van der Waals surface area contributed by atoms with Crippen molar-refractivity contribution in [2.75, 3.05) is 19.8 Å². The molecule has 0 aromatic carbocycles. The zero-order valence-electron chi connectivity index (χ0n) is 11.1. The highest BCUT2D eigenvalue weighted by atomic mass is 32.2. The van der Waals surface area contributed by atoms with Gasteiger partial charge in [0.2, 0.25) is 11.0 Å². The molecule has 2 heterocycles. The van der Waals surface area contributed by atoms with E-state index in [4.69, 9.17) is 9.56 Å². The first-order valence-electron chi connectivity index (χ1n) is 5.94. The summed E-state index contributed by atoms with van der Waals surface area (Å²) in [6, 6.07) is 1.09. The van der Waals surface area contributed by atoms with Gasteiger partial charge in [-0.3, -0.25) is 9.59 Å². The summed E-state index contributed by atoms with van der Waals surface area (Å²) in [5.74, 6) is -0.444. The standard InChI is InChI=1S/C11H15N3O5S/c1-3-13-6-14(5-9(13)15)11(16)8-4-10(19-7(8)2)20(12,17)18/h4H,3,5-6H2,1-2H3,(H2,12,17,18). The van der Waals surface area contributed by atoms with Crippen molar-refractivity contribution in [3.63, 3.8) is 0 Å². The summed E-state index contributed by atoms with van der Waals surface area (Å²) in [4.78, 5) is 26.7. The van der Waals surface area contributed by atoms with Crippen LogP contribution in [0.5, 0.6) is 0 Å². The Labute approximate surface area is 116 Å². The zero-order valence-corrected chi connectivity index (χ0v) is 11.9. The third kappa shape index (κ3) is 2.54. The Balaban J connectivity index is 2.27. The second kappa shape index (κ2) is 4.91. The van der Waals surface area contributed by atoms with Crippen LogP contribution < -0.4 is 5.14 Å². The molecule has 0 aliphatic carbocycles. The van der Waals surface area contributed by atoms with E-state index >= 15 is 0 Å². The van der Waals surface area contributed by atoms with Crippen molar-refractivity contribution in [3.05, 3.63) is 17.4 Å². The van der Waals surface area contributed by atoms with Crippen LogP contribution in [0.3, 0.4) is 0 Å². The summed E-state index contributed by atoms with van der Waals surface area (Å²) in [5, 5.41) is 4.49. The molecule has 2 amide bonds. The lowest BCUT2D eigenvalue weighted by atomic mass is 10.2. The average Bonchev–Trinajstić information content (AvgIpc) is 2.91. The number of rotatable bonds is 3. The predicted molar refractivity (Wildman–Crippen MR) is 68.1 cm³/mol. The first kappa shape index (κ1) is 14.5. The zero-order chi connectivity index (χ0) is 15.1. The first-order valence-corrected chi connectivity index (χ1v) is 7.49. The average molecular weight is 301 g/mol. The first-order chi connectivity index (χ1) is 9.24. The number of primary sulfonamides is 1. The minimum absolute atomic E-state index is 0.0258. The van der Waals surface area contributed by atoms with Gasteiger partial charge in [-0.25, -0.2) is 13.6 Å². The molecule has 0 saturated carbocycles. The highest BCUT2D eigenvalue weighted by Gasteiger charge is 2.32. The lowest BCUT2D eigenvalue weighted by molar-refractivity contribution is -0.126. The fourth-order valence-electron chi connectivity index (χ4n) is 1.99. The minimum atomic E-state index is -4.00. The minimum Gasteiger partial charge on any atom is -0.448 e. The number of sulfonamides is 1. The number of aryl methyl sites for hydroxylation is 1. The van der Waals surface area contributed by atoms with Crippen LogP contribution >= 0.6 is 0 Å². The molecule has 1 aliphatic rings. The summed E-state index contributed by atoms with van der Waals surface area (Å²) in [6.45, 7) is 3.95. The van der Waals surface area contributed by atoms with Crippen LogP contribution in [0.1, 0.15) is 23.0 Å². The molecule has 8 nitrogen and oxygen atoms in total. The fourth-order valence-corrected chi connectivity index (χ4v) is 2.51. The fraction of sp³-hybridized carbons (Fsp3) is 0.455. The Morgan fingerprint density at radius 3 is 2.60 bits per heavy atom. The quantitative estimate of drug-likeness (QED) is 0.808. The molecule has 1 fully saturated rings. The van der Waals surface area contributed by atoms with Gasteiger partial charge >= 0.3 is 0 Å². The molecule has 1 saturated heterocycles. The van der Waals surface area contributed by atoms with E-state index in [0.717, 1.165) is 6.07 Å². The number of carbonyl (C=O) groups excluding carboxylic acids is 2. The molecule has 9 heteroatoms. The molecule has 0 spiro atoms. The molecule has 1 aromatic rings. The second-order valence-electron chi connectivity index (χ2n) is 4.47. The van der Waals surface area contributed by atoms with Crippen molar-refractivity contribution in [2.45, 2.75) is 18.9 Å². The van der Waals surface area contributed by atoms with E-state index in [-0.39, 0.29) is 30.4 Å². The molecule has 2 rings (SSSR count). The highest BCUT2D eigenvalue weighted by molar-refractivity contribution is 7.89. The van der Waals surface area contributed by atoms with E-state index in [1.807, 2.05) is 6.92 Å². The molecular weight excluding hydrogens is 286 g/mol. The van der Waals surface area contributed by atoms with Gasteiger partial charge in [0.25, 0.3) is 15.9 Å². The van der Waals surface area contributed by atoms with Crippen LogP contribution in [0.2, 0.25) is 0 Å². The smallest absolute Gasteiger partial charge is 0.271 e. The Hall–Kier alpha value is -1.87. The van der Waals surface area contributed by atoms with E-state index in [9.17, 15) is 18.0 Å². The van der Waals surface area contributed by atoms with Crippen molar-refractivity contribution in [2.24, 2.45) is 5.14 Å². The van der Waals surface area contributed by atoms with E-state index < -0.39 is 21.0 Å². The summed E-state index contributed by atoms with van der Waals surface area (Å²) < 4.78 is 27.4. The molecule has 2 N–H and O–H groups in total.